The van der Waals surface area contributed by atoms with Crippen molar-refractivity contribution in [3.63, 3.8) is 0 Å². The second kappa shape index (κ2) is 9.55. The van der Waals surface area contributed by atoms with Crippen LogP contribution in [0.2, 0.25) is 0 Å². The number of ether oxygens (including phenoxy) is 1. The van der Waals surface area contributed by atoms with Crippen LogP contribution in [0.15, 0.2) is 42.9 Å². The Morgan fingerprint density at radius 3 is 2.79 bits per heavy atom. The lowest BCUT2D eigenvalue weighted by molar-refractivity contribution is -0.0504. The molecule has 1 aliphatic carbocycles. The van der Waals surface area contributed by atoms with Gasteiger partial charge in [-0.15, -0.1) is 0 Å². The largest absolute Gasteiger partial charge is 0.434 e. The summed E-state index contributed by atoms with van der Waals surface area (Å²) in [6, 6.07) is 8.17. The quantitative estimate of drug-likeness (QED) is 0.421. The fourth-order valence-electron chi connectivity index (χ4n) is 4.11. The van der Waals surface area contributed by atoms with Gasteiger partial charge in [0, 0.05) is 30.3 Å². The summed E-state index contributed by atoms with van der Waals surface area (Å²) >= 11 is 0. The van der Waals surface area contributed by atoms with E-state index in [1.165, 1.54) is 12.4 Å². The van der Waals surface area contributed by atoms with Crippen molar-refractivity contribution < 1.29 is 31.2 Å². The fraction of sp³-hybridized carbons (Fsp3) is 0.400. The zero-order valence-electron chi connectivity index (χ0n) is 17.3. The van der Waals surface area contributed by atoms with Crippen LogP contribution in [-0.4, -0.2) is 47.4 Å². The van der Waals surface area contributed by atoms with Crippen LogP contribution in [-0.2, 0) is 21.0 Å². The highest BCUT2D eigenvalue weighted by atomic mass is 32.2. The highest BCUT2D eigenvalue weighted by molar-refractivity contribution is 7.84. The van der Waals surface area contributed by atoms with E-state index in [4.69, 9.17) is 5.14 Å². The molecule has 4 N–H and O–H groups in total. The molecular formula is C20H23F2N5O5S. The van der Waals surface area contributed by atoms with Gasteiger partial charge in [-0.1, -0.05) is 18.2 Å². The molecule has 13 heteroatoms. The summed E-state index contributed by atoms with van der Waals surface area (Å²) in [6.45, 7) is -2.92. The number of fused-ring (bicyclic) bond motifs is 1. The molecule has 3 atom stereocenters. The first-order chi connectivity index (χ1) is 15.7. The van der Waals surface area contributed by atoms with Crippen molar-refractivity contribution in [2.75, 3.05) is 11.9 Å². The van der Waals surface area contributed by atoms with E-state index in [2.05, 4.69) is 24.2 Å². The Bertz CT molecular complexity index is 1220. The second-order valence-electron chi connectivity index (χ2n) is 7.75. The van der Waals surface area contributed by atoms with Crippen molar-refractivity contribution in [1.82, 2.24) is 14.5 Å². The molecule has 4 rings (SSSR count). The van der Waals surface area contributed by atoms with E-state index in [-0.39, 0.29) is 24.9 Å². The van der Waals surface area contributed by atoms with E-state index in [9.17, 15) is 22.3 Å². The molecule has 3 aromatic rings. The van der Waals surface area contributed by atoms with Crippen molar-refractivity contribution >= 4 is 27.2 Å². The molecule has 2 heterocycles. The lowest BCUT2D eigenvalue weighted by Crippen LogP contribution is -2.24. The average Bonchev–Trinajstić information content (AvgIpc) is 3.34. The molecule has 1 saturated carbocycles. The first kappa shape index (κ1) is 23.3. The third-order valence-corrected chi connectivity index (χ3v) is 6.08. The van der Waals surface area contributed by atoms with Crippen LogP contribution < -0.4 is 15.2 Å². The van der Waals surface area contributed by atoms with E-state index >= 15 is 0 Å². The van der Waals surface area contributed by atoms with Crippen molar-refractivity contribution in [2.45, 2.75) is 38.1 Å². The number of halogens is 2. The monoisotopic (exact) mass is 483 g/mol. The number of aliphatic hydroxyl groups excluding tert-OH is 1. The van der Waals surface area contributed by atoms with Gasteiger partial charge in [-0.3, -0.25) is 4.18 Å². The highest BCUT2D eigenvalue weighted by Crippen LogP contribution is 2.37. The Hall–Kier alpha value is -2.87. The minimum Gasteiger partial charge on any atom is -0.434 e. The van der Waals surface area contributed by atoms with Crippen LogP contribution in [0, 0.1) is 5.92 Å². The smallest absolute Gasteiger partial charge is 0.387 e. The molecule has 0 spiro atoms. The molecule has 1 aromatic carbocycles. The molecule has 0 bridgehead atoms. The Morgan fingerprint density at radius 2 is 2.03 bits per heavy atom. The number of aliphatic hydroxyl groups is 1. The van der Waals surface area contributed by atoms with Gasteiger partial charge in [0.05, 0.1) is 18.1 Å². The van der Waals surface area contributed by atoms with Gasteiger partial charge >= 0.3 is 16.9 Å². The van der Waals surface area contributed by atoms with Gasteiger partial charge in [-0.05, 0) is 25.0 Å². The van der Waals surface area contributed by atoms with Crippen LogP contribution in [0.25, 0.3) is 11.0 Å². The molecule has 2 aromatic heterocycles. The summed E-state index contributed by atoms with van der Waals surface area (Å²) < 4.78 is 58.5. The molecule has 0 aliphatic heterocycles. The number of nitrogens with two attached hydrogens (primary N) is 1. The number of hydrogen-bond donors (Lipinski definition) is 3. The number of aromatic nitrogens is 3. The number of alkyl halides is 2. The molecule has 0 radical (unpaired) electrons. The molecule has 0 saturated heterocycles. The second-order valence-corrected chi connectivity index (χ2v) is 8.97. The molecule has 0 amide bonds. The van der Waals surface area contributed by atoms with E-state index in [1.807, 2.05) is 16.8 Å². The van der Waals surface area contributed by atoms with Crippen LogP contribution in [0.5, 0.6) is 5.75 Å². The van der Waals surface area contributed by atoms with E-state index in [0.717, 1.165) is 0 Å². The van der Waals surface area contributed by atoms with Gasteiger partial charge in [0.1, 0.15) is 23.5 Å². The maximum atomic E-state index is 12.7. The van der Waals surface area contributed by atoms with Crippen molar-refractivity contribution in [1.29, 1.82) is 0 Å². The van der Waals surface area contributed by atoms with Gasteiger partial charge in [-0.2, -0.15) is 17.2 Å². The average molecular weight is 483 g/mol. The van der Waals surface area contributed by atoms with Gasteiger partial charge < -0.3 is 19.7 Å². The summed E-state index contributed by atoms with van der Waals surface area (Å²) in [5.74, 6) is 0.199. The van der Waals surface area contributed by atoms with Crippen molar-refractivity contribution in [2.24, 2.45) is 11.1 Å². The standard InChI is InChI=1S/C20H23F2N5O5S/c21-20(22)32-17-4-2-1-3-12(17)9-24-18-15-5-6-27(19(15)26-11-25-18)14-7-13(16(28)8-14)10-31-33(23,29)30/h1-6,11,13-14,16,20,28H,7-10H2,(H2,23,29,30)(H,24,25,26)/t13-,14+,16-/m0/s1. The van der Waals surface area contributed by atoms with Crippen LogP contribution >= 0.6 is 0 Å². The number of para-hydroxylation sites is 1. The van der Waals surface area contributed by atoms with Gasteiger partial charge in [0.2, 0.25) is 0 Å². The third kappa shape index (κ3) is 5.55. The molecule has 33 heavy (non-hydrogen) atoms. The third-order valence-electron chi connectivity index (χ3n) is 5.62. The zero-order chi connectivity index (χ0) is 23.6. The zero-order valence-corrected chi connectivity index (χ0v) is 18.2. The summed E-state index contributed by atoms with van der Waals surface area (Å²) in [5.41, 5.74) is 1.16. The first-order valence-electron chi connectivity index (χ1n) is 10.1. The summed E-state index contributed by atoms with van der Waals surface area (Å²) in [7, 11) is -4.08. The number of hydrogen-bond acceptors (Lipinski definition) is 8. The van der Waals surface area contributed by atoms with E-state index < -0.39 is 28.9 Å². The number of rotatable bonds is 9. The first-order valence-corrected chi connectivity index (χ1v) is 11.6. The molecule has 1 fully saturated rings. The Labute approximate surface area is 188 Å². The van der Waals surface area contributed by atoms with Gasteiger partial charge in [-0.25, -0.2) is 15.1 Å². The van der Waals surface area contributed by atoms with Crippen LogP contribution in [0.4, 0.5) is 14.6 Å². The summed E-state index contributed by atoms with van der Waals surface area (Å²) in [4.78, 5) is 8.62. The predicted octanol–water partition coefficient (Wildman–Crippen LogP) is 2.18. The van der Waals surface area contributed by atoms with E-state index in [1.54, 1.807) is 18.2 Å². The van der Waals surface area contributed by atoms with Crippen molar-refractivity contribution in [3.8, 4) is 5.75 Å². The molecule has 178 valence electrons. The summed E-state index contributed by atoms with van der Waals surface area (Å²) in [5, 5.41) is 19.1. The lowest BCUT2D eigenvalue weighted by atomic mass is 10.1. The fourth-order valence-corrected chi connectivity index (χ4v) is 4.47. The molecule has 0 unspecified atom stereocenters. The maximum absolute atomic E-state index is 12.7. The topological polar surface area (TPSA) is 142 Å². The van der Waals surface area contributed by atoms with Gasteiger partial charge in [0.15, 0.2) is 0 Å². The number of nitrogens with zero attached hydrogens (tertiary/aromatic N) is 3. The van der Waals surface area contributed by atoms with Crippen LogP contribution in [0.1, 0.15) is 24.4 Å². The van der Waals surface area contributed by atoms with Crippen molar-refractivity contribution in [3.05, 3.63) is 48.4 Å². The maximum Gasteiger partial charge on any atom is 0.387 e. The summed E-state index contributed by atoms with van der Waals surface area (Å²) in [6.07, 6.45) is 3.33. The molecule has 10 nitrogen and oxygen atoms in total. The minimum atomic E-state index is -4.08. The number of nitrogens with one attached hydrogen (secondary N) is 1. The SMILES string of the molecule is NS(=O)(=O)OC[C@@H]1C[C@@H](n2ccc3c(NCc4ccccc4OC(F)F)ncnc32)C[C@@H]1O. The Balaban J connectivity index is 1.50. The number of anilines is 1. The molecular weight excluding hydrogens is 460 g/mol. The number of benzene rings is 1. The van der Waals surface area contributed by atoms with Crippen LogP contribution in [0.3, 0.4) is 0 Å². The predicted molar refractivity (Wildman–Crippen MR) is 115 cm³/mol. The van der Waals surface area contributed by atoms with Gasteiger partial charge in [0.25, 0.3) is 0 Å². The molecule has 1 aliphatic rings. The Morgan fingerprint density at radius 1 is 1.24 bits per heavy atom. The minimum absolute atomic E-state index is 0.0792. The van der Waals surface area contributed by atoms with E-state index in [0.29, 0.717) is 35.3 Å². The highest BCUT2D eigenvalue weighted by Gasteiger charge is 2.35. The Kier molecular flexibility index (Phi) is 6.74. The lowest BCUT2D eigenvalue weighted by Gasteiger charge is -2.15. The normalized spacial score (nSPS) is 21.1.